The van der Waals surface area contributed by atoms with Gasteiger partial charge in [-0.05, 0) is 48.6 Å². The number of nitrogens with zero attached hydrogens (tertiary/aromatic N) is 1. The smallest absolute Gasteiger partial charge is 0.242 e. The lowest BCUT2D eigenvalue weighted by atomic mass is 9.82. The van der Waals surface area contributed by atoms with Gasteiger partial charge in [-0.15, -0.1) is 0 Å². The molecule has 2 aromatic rings. The van der Waals surface area contributed by atoms with Crippen LogP contribution in [0.25, 0.3) is 0 Å². The number of benzene rings is 2. The number of aryl methyl sites for hydroxylation is 1. The number of methoxy groups -OCH3 is 1. The zero-order valence-electron chi connectivity index (χ0n) is 15.7. The lowest BCUT2D eigenvalue weighted by molar-refractivity contribution is -0.117. The van der Waals surface area contributed by atoms with Gasteiger partial charge in [0, 0.05) is 14.1 Å². The van der Waals surface area contributed by atoms with Gasteiger partial charge in [0.05, 0.1) is 23.6 Å². The molecule has 0 heterocycles. The van der Waals surface area contributed by atoms with Crippen LogP contribution in [0.3, 0.4) is 0 Å². The fourth-order valence-electron chi connectivity index (χ4n) is 3.40. The molecule has 0 radical (unpaired) electrons. The molecule has 144 valence electrons. The Morgan fingerprint density at radius 3 is 2.63 bits per heavy atom. The van der Waals surface area contributed by atoms with Gasteiger partial charge in [-0.1, -0.05) is 24.3 Å². The first kappa shape index (κ1) is 19.4. The quantitative estimate of drug-likeness (QED) is 0.854. The van der Waals surface area contributed by atoms with E-state index in [1.54, 1.807) is 6.07 Å². The Kier molecular flexibility index (Phi) is 5.53. The van der Waals surface area contributed by atoms with Crippen molar-refractivity contribution in [3.05, 3.63) is 53.6 Å². The van der Waals surface area contributed by atoms with Crippen LogP contribution >= 0.6 is 0 Å². The third kappa shape index (κ3) is 3.84. The van der Waals surface area contributed by atoms with Gasteiger partial charge in [0.15, 0.2) is 0 Å². The second-order valence-corrected chi connectivity index (χ2v) is 8.93. The average Bonchev–Trinajstić information content (AvgIpc) is 2.67. The van der Waals surface area contributed by atoms with Crippen LogP contribution in [0.1, 0.15) is 29.9 Å². The van der Waals surface area contributed by atoms with Crippen molar-refractivity contribution in [3.63, 3.8) is 0 Å². The molecular weight excluding hydrogens is 364 g/mol. The highest BCUT2D eigenvalue weighted by molar-refractivity contribution is 7.89. The fourth-order valence-corrected chi connectivity index (χ4v) is 4.33. The number of carbonyl (C=O) groups excluding carboxylic acids is 1. The minimum atomic E-state index is -3.61. The highest BCUT2D eigenvalue weighted by Gasteiger charge is 2.27. The predicted molar refractivity (Wildman–Crippen MR) is 105 cm³/mol. The van der Waals surface area contributed by atoms with Crippen molar-refractivity contribution >= 4 is 21.6 Å². The van der Waals surface area contributed by atoms with Crippen molar-refractivity contribution in [2.45, 2.75) is 30.1 Å². The van der Waals surface area contributed by atoms with E-state index in [9.17, 15) is 13.2 Å². The summed E-state index contributed by atoms with van der Waals surface area (Å²) in [5.74, 6) is 0.0127. The third-order valence-electron chi connectivity index (χ3n) is 4.89. The molecule has 1 aliphatic rings. The monoisotopic (exact) mass is 388 g/mol. The maximum Gasteiger partial charge on any atom is 0.242 e. The second kappa shape index (κ2) is 7.70. The average molecular weight is 388 g/mol. The molecule has 1 amide bonds. The van der Waals surface area contributed by atoms with Crippen LogP contribution in [0.2, 0.25) is 0 Å². The molecule has 27 heavy (non-hydrogen) atoms. The van der Waals surface area contributed by atoms with Crippen molar-refractivity contribution in [1.82, 2.24) is 4.31 Å². The number of sulfonamides is 1. The number of nitrogens with one attached hydrogen (secondary N) is 1. The van der Waals surface area contributed by atoms with E-state index in [1.807, 2.05) is 18.2 Å². The van der Waals surface area contributed by atoms with E-state index < -0.39 is 10.0 Å². The molecule has 2 aromatic carbocycles. The molecular formula is C20H24N2O4S. The Bertz CT molecular complexity index is 954. The summed E-state index contributed by atoms with van der Waals surface area (Å²) in [6.45, 7) is 0. The maximum atomic E-state index is 13.0. The van der Waals surface area contributed by atoms with Crippen molar-refractivity contribution in [2.24, 2.45) is 0 Å². The Hall–Kier alpha value is -2.38. The van der Waals surface area contributed by atoms with Gasteiger partial charge in [-0.3, -0.25) is 4.79 Å². The molecule has 0 spiro atoms. The molecule has 0 saturated heterocycles. The Morgan fingerprint density at radius 2 is 1.93 bits per heavy atom. The summed E-state index contributed by atoms with van der Waals surface area (Å²) in [4.78, 5) is 13.1. The number of anilines is 1. The van der Waals surface area contributed by atoms with E-state index in [2.05, 4.69) is 11.4 Å². The molecule has 7 heteroatoms. The highest BCUT2D eigenvalue weighted by Crippen LogP contribution is 2.34. The molecule has 1 N–H and O–H groups in total. The first-order chi connectivity index (χ1) is 12.8. The van der Waals surface area contributed by atoms with Crippen molar-refractivity contribution in [1.29, 1.82) is 0 Å². The molecule has 6 nitrogen and oxygen atoms in total. The SMILES string of the molecule is COc1ccc(S(=O)(=O)N(C)C)cc1NC(=O)[C@H]1CCCc2ccccc21. The van der Waals surface area contributed by atoms with Gasteiger partial charge in [0.25, 0.3) is 0 Å². The van der Waals surface area contributed by atoms with Crippen LogP contribution < -0.4 is 10.1 Å². The van der Waals surface area contributed by atoms with Crippen LogP contribution in [0.5, 0.6) is 5.75 Å². The fraction of sp³-hybridized carbons (Fsp3) is 0.350. The lowest BCUT2D eigenvalue weighted by Crippen LogP contribution is -2.25. The molecule has 0 aromatic heterocycles. The molecule has 0 unspecified atom stereocenters. The summed E-state index contributed by atoms with van der Waals surface area (Å²) in [6, 6.07) is 12.4. The van der Waals surface area contributed by atoms with Crippen molar-refractivity contribution < 1.29 is 17.9 Å². The molecule has 0 saturated carbocycles. The number of amides is 1. The normalized spacial score (nSPS) is 16.7. The van der Waals surface area contributed by atoms with Crippen LogP contribution in [0, 0.1) is 0 Å². The molecule has 0 fully saturated rings. The molecule has 1 aliphatic carbocycles. The summed E-state index contributed by atoms with van der Waals surface area (Å²) in [7, 11) is 0.818. The Labute approximate surface area is 160 Å². The Balaban J connectivity index is 1.92. The van der Waals surface area contributed by atoms with Crippen LogP contribution in [0.15, 0.2) is 47.4 Å². The van der Waals surface area contributed by atoms with E-state index in [-0.39, 0.29) is 16.7 Å². The zero-order valence-corrected chi connectivity index (χ0v) is 16.5. The maximum absolute atomic E-state index is 13.0. The number of hydrogen-bond donors (Lipinski definition) is 1. The van der Waals surface area contributed by atoms with E-state index in [1.165, 1.54) is 38.9 Å². The van der Waals surface area contributed by atoms with Gasteiger partial charge in [0.1, 0.15) is 5.75 Å². The summed E-state index contributed by atoms with van der Waals surface area (Å²) in [6.07, 6.45) is 2.68. The summed E-state index contributed by atoms with van der Waals surface area (Å²) in [5, 5.41) is 2.88. The molecule has 1 atom stereocenters. The highest BCUT2D eigenvalue weighted by atomic mass is 32.2. The van der Waals surface area contributed by atoms with E-state index in [0.29, 0.717) is 11.4 Å². The van der Waals surface area contributed by atoms with E-state index >= 15 is 0 Å². The summed E-state index contributed by atoms with van der Waals surface area (Å²) >= 11 is 0. The van der Waals surface area contributed by atoms with Crippen LogP contribution in [-0.2, 0) is 21.2 Å². The minimum absolute atomic E-state index is 0.104. The van der Waals surface area contributed by atoms with Gasteiger partial charge < -0.3 is 10.1 Å². The topological polar surface area (TPSA) is 75.7 Å². The number of carbonyl (C=O) groups is 1. The van der Waals surface area contributed by atoms with Gasteiger partial charge in [-0.25, -0.2) is 12.7 Å². The number of ether oxygens (including phenoxy) is 1. The molecule has 0 aliphatic heterocycles. The second-order valence-electron chi connectivity index (χ2n) is 6.78. The lowest BCUT2D eigenvalue weighted by Gasteiger charge is -2.25. The van der Waals surface area contributed by atoms with Crippen molar-refractivity contribution in [2.75, 3.05) is 26.5 Å². The van der Waals surface area contributed by atoms with E-state index in [4.69, 9.17) is 4.74 Å². The van der Waals surface area contributed by atoms with Gasteiger partial charge in [0.2, 0.25) is 15.9 Å². The van der Waals surface area contributed by atoms with Gasteiger partial charge in [-0.2, -0.15) is 0 Å². The Morgan fingerprint density at radius 1 is 1.19 bits per heavy atom. The zero-order chi connectivity index (χ0) is 19.6. The first-order valence-corrected chi connectivity index (χ1v) is 10.3. The first-order valence-electron chi connectivity index (χ1n) is 8.84. The molecule has 0 bridgehead atoms. The summed E-state index contributed by atoms with van der Waals surface area (Å²) < 4.78 is 31.3. The largest absolute Gasteiger partial charge is 0.495 e. The van der Waals surface area contributed by atoms with Gasteiger partial charge >= 0.3 is 0 Å². The van der Waals surface area contributed by atoms with Crippen molar-refractivity contribution in [3.8, 4) is 5.75 Å². The number of rotatable bonds is 5. The van der Waals surface area contributed by atoms with E-state index in [0.717, 1.165) is 29.1 Å². The van der Waals surface area contributed by atoms with Crippen LogP contribution in [-0.4, -0.2) is 39.8 Å². The third-order valence-corrected chi connectivity index (χ3v) is 6.70. The predicted octanol–water partition coefficient (Wildman–Crippen LogP) is 3.00. The summed E-state index contributed by atoms with van der Waals surface area (Å²) in [5.41, 5.74) is 2.59. The van der Waals surface area contributed by atoms with Crippen LogP contribution in [0.4, 0.5) is 5.69 Å². The molecule has 3 rings (SSSR count). The number of hydrogen-bond acceptors (Lipinski definition) is 4. The minimum Gasteiger partial charge on any atom is -0.495 e. The standard InChI is InChI=1S/C20H24N2O4S/c1-22(2)27(24,25)15-11-12-19(26-3)18(13-15)21-20(23)17-10-6-8-14-7-4-5-9-16(14)17/h4-5,7,9,11-13,17H,6,8,10H2,1-3H3,(H,21,23)/t17-/m0/s1. The number of fused-ring (bicyclic) bond motifs is 1.